The van der Waals surface area contributed by atoms with Crippen LogP contribution in [0.4, 0.5) is 9.59 Å². The SMILES string of the molecule is CCCOC(=O)Oc1c(Cl)c(Cl)c(OC(=O)OCCC)c2ccccc12. The number of hydrogen-bond acceptors (Lipinski definition) is 6. The van der Waals surface area contributed by atoms with E-state index in [1.54, 1.807) is 24.3 Å². The van der Waals surface area contributed by atoms with Crippen LogP contribution in [0.5, 0.6) is 11.5 Å². The van der Waals surface area contributed by atoms with Crippen LogP contribution in [-0.4, -0.2) is 25.5 Å². The van der Waals surface area contributed by atoms with Crippen LogP contribution in [0.1, 0.15) is 26.7 Å². The number of halogens is 2. The van der Waals surface area contributed by atoms with Crippen LogP contribution < -0.4 is 9.47 Å². The molecule has 0 aliphatic rings. The van der Waals surface area contributed by atoms with E-state index in [0.717, 1.165) is 0 Å². The van der Waals surface area contributed by atoms with Crippen LogP contribution in [-0.2, 0) is 9.47 Å². The van der Waals surface area contributed by atoms with E-state index in [9.17, 15) is 9.59 Å². The molecule has 2 aromatic rings. The van der Waals surface area contributed by atoms with E-state index in [1.807, 2.05) is 13.8 Å². The molecule has 0 unspecified atom stereocenters. The van der Waals surface area contributed by atoms with Crippen molar-refractivity contribution in [1.82, 2.24) is 0 Å². The largest absolute Gasteiger partial charge is 0.513 e. The van der Waals surface area contributed by atoms with E-state index >= 15 is 0 Å². The number of carbonyl (C=O) groups is 2. The molecule has 8 heteroatoms. The van der Waals surface area contributed by atoms with Gasteiger partial charge in [0.1, 0.15) is 10.0 Å². The minimum Gasteiger partial charge on any atom is -0.434 e. The minimum atomic E-state index is -0.897. The Morgan fingerprint density at radius 3 is 1.54 bits per heavy atom. The van der Waals surface area contributed by atoms with Crippen LogP contribution in [0, 0.1) is 0 Å². The molecule has 6 nitrogen and oxygen atoms in total. The molecule has 26 heavy (non-hydrogen) atoms. The molecule has 0 N–H and O–H groups in total. The minimum absolute atomic E-state index is 0.0302. The zero-order valence-corrected chi connectivity index (χ0v) is 15.9. The van der Waals surface area contributed by atoms with E-state index < -0.39 is 12.3 Å². The highest BCUT2D eigenvalue weighted by Gasteiger charge is 2.23. The van der Waals surface area contributed by atoms with Gasteiger partial charge in [-0.1, -0.05) is 61.3 Å². The maximum Gasteiger partial charge on any atom is 0.513 e. The summed E-state index contributed by atoms with van der Waals surface area (Å²) in [5.74, 6) is 0.0605. The predicted molar refractivity (Wildman–Crippen MR) is 98.5 cm³/mol. The summed E-state index contributed by atoms with van der Waals surface area (Å²) in [7, 11) is 0. The topological polar surface area (TPSA) is 71.1 Å². The van der Waals surface area contributed by atoms with E-state index in [1.165, 1.54) is 0 Å². The highest BCUT2D eigenvalue weighted by atomic mass is 35.5. The molecule has 0 fully saturated rings. The molecule has 0 heterocycles. The van der Waals surface area contributed by atoms with Gasteiger partial charge in [-0.2, -0.15) is 0 Å². The second-order valence-corrected chi connectivity index (χ2v) is 5.99. The van der Waals surface area contributed by atoms with Gasteiger partial charge in [-0.3, -0.25) is 0 Å². The predicted octanol–water partition coefficient (Wildman–Crippen LogP) is 6.00. The van der Waals surface area contributed by atoms with Crippen molar-refractivity contribution in [2.75, 3.05) is 13.2 Å². The first-order valence-corrected chi connectivity index (χ1v) is 8.84. The number of hydrogen-bond donors (Lipinski definition) is 0. The van der Waals surface area contributed by atoms with Crippen LogP contribution in [0.25, 0.3) is 10.8 Å². The molecule has 140 valence electrons. The van der Waals surface area contributed by atoms with Gasteiger partial charge < -0.3 is 18.9 Å². The molecule has 0 atom stereocenters. The molecule has 0 saturated carbocycles. The molecule has 0 aromatic heterocycles. The van der Waals surface area contributed by atoms with Crippen LogP contribution in [0.3, 0.4) is 0 Å². The third kappa shape index (κ3) is 4.71. The van der Waals surface area contributed by atoms with Crippen molar-refractivity contribution in [1.29, 1.82) is 0 Å². The van der Waals surface area contributed by atoms with E-state index in [4.69, 9.17) is 42.1 Å². The summed E-state index contributed by atoms with van der Waals surface area (Å²) in [5, 5.41) is 0.733. The zero-order chi connectivity index (χ0) is 19.1. The lowest BCUT2D eigenvalue weighted by Crippen LogP contribution is -2.13. The molecule has 2 aromatic carbocycles. The van der Waals surface area contributed by atoms with Gasteiger partial charge >= 0.3 is 12.3 Å². The number of fused-ring (bicyclic) bond motifs is 1. The van der Waals surface area contributed by atoms with Gasteiger partial charge in [-0.15, -0.1) is 0 Å². The second kappa shape index (κ2) is 9.50. The lowest BCUT2D eigenvalue weighted by molar-refractivity contribution is 0.0977. The number of carbonyl (C=O) groups excluding carboxylic acids is 2. The molecule has 0 spiro atoms. The summed E-state index contributed by atoms with van der Waals surface area (Å²) in [4.78, 5) is 23.6. The van der Waals surface area contributed by atoms with Crippen LogP contribution in [0.15, 0.2) is 24.3 Å². The molecular weight excluding hydrogens is 383 g/mol. The lowest BCUT2D eigenvalue weighted by atomic mass is 10.1. The first-order chi connectivity index (χ1) is 12.5. The Hall–Kier alpha value is -2.18. The standard InChI is InChI=1S/C18H18Cl2O6/c1-3-9-23-17(21)25-15-11-7-5-6-8-12(11)16(14(20)13(15)19)26-18(22)24-10-4-2/h5-8H,3-4,9-10H2,1-2H3. The maximum atomic E-state index is 11.8. The molecule has 0 amide bonds. The Balaban J connectivity index is 2.44. The summed E-state index contributed by atoms with van der Waals surface area (Å²) in [6.07, 6.45) is -0.495. The molecule has 0 aliphatic heterocycles. The van der Waals surface area contributed by atoms with Gasteiger partial charge in [-0.05, 0) is 12.8 Å². The summed E-state index contributed by atoms with van der Waals surface area (Å²) in [6, 6.07) is 6.75. The fourth-order valence-electron chi connectivity index (χ4n) is 2.11. The Bertz CT molecular complexity index is 739. The number of rotatable bonds is 6. The number of ether oxygens (including phenoxy) is 4. The van der Waals surface area contributed by atoms with Crippen LogP contribution >= 0.6 is 23.2 Å². The lowest BCUT2D eigenvalue weighted by Gasteiger charge is -2.15. The fourth-order valence-corrected chi connectivity index (χ4v) is 2.56. The summed E-state index contributed by atoms with van der Waals surface area (Å²) in [6.45, 7) is 4.14. The van der Waals surface area contributed by atoms with Gasteiger partial charge in [0.05, 0.1) is 13.2 Å². The highest BCUT2D eigenvalue weighted by Crippen LogP contribution is 2.46. The molecule has 0 aliphatic carbocycles. The quantitative estimate of drug-likeness (QED) is 0.437. The maximum absolute atomic E-state index is 11.8. The van der Waals surface area contributed by atoms with Crippen molar-refractivity contribution in [2.45, 2.75) is 26.7 Å². The van der Waals surface area contributed by atoms with Gasteiger partial charge in [-0.25, -0.2) is 9.59 Å². The van der Waals surface area contributed by atoms with Crippen molar-refractivity contribution in [3.05, 3.63) is 34.3 Å². The Kier molecular flexibility index (Phi) is 7.36. The summed E-state index contributed by atoms with van der Waals surface area (Å²) in [5.41, 5.74) is 0. The van der Waals surface area contributed by atoms with Crippen molar-refractivity contribution >= 4 is 46.3 Å². The highest BCUT2D eigenvalue weighted by molar-refractivity contribution is 6.45. The van der Waals surface area contributed by atoms with Gasteiger partial charge in [0.15, 0.2) is 11.5 Å². The molecule has 0 bridgehead atoms. The van der Waals surface area contributed by atoms with Crippen molar-refractivity contribution in [3.63, 3.8) is 0 Å². The van der Waals surface area contributed by atoms with Crippen LogP contribution in [0.2, 0.25) is 10.0 Å². The van der Waals surface area contributed by atoms with E-state index in [2.05, 4.69) is 0 Å². The molecular formula is C18H18Cl2O6. The Morgan fingerprint density at radius 1 is 0.808 bits per heavy atom. The summed E-state index contributed by atoms with van der Waals surface area (Å²) < 4.78 is 20.3. The third-order valence-corrected chi connectivity index (χ3v) is 4.04. The second-order valence-electron chi connectivity index (χ2n) is 5.23. The van der Waals surface area contributed by atoms with Gasteiger partial charge in [0, 0.05) is 10.8 Å². The van der Waals surface area contributed by atoms with Gasteiger partial charge in [0.25, 0.3) is 0 Å². The Morgan fingerprint density at radius 2 is 1.19 bits per heavy atom. The summed E-state index contributed by atoms with van der Waals surface area (Å²) >= 11 is 12.5. The fraction of sp³-hybridized carbons (Fsp3) is 0.333. The van der Waals surface area contributed by atoms with E-state index in [0.29, 0.717) is 23.6 Å². The average Bonchev–Trinajstić information content (AvgIpc) is 2.65. The van der Waals surface area contributed by atoms with Crippen molar-refractivity contribution in [2.24, 2.45) is 0 Å². The molecule has 0 radical (unpaired) electrons. The third-order valence-electron chi connectivity index (χ3n) is 3.23. The first-order valence-electron chi connectivity index (χ1n) is 8.08. The first kappa shape index (κ1) is 20.1. The van der Waals surface area contributed by atoms with Gasteiger partial charge in [0.2, 0.25) is 0 Å². The monoisotopic (exact) mass is 400 g/mol. The molecule has 2 rings (SSSR count). The average molecular weight is 401 g/mol. The smallest absolute Gasteiger partial charge is 0.434 e. The number of benzene rings is 2. The van der Waals surface area contributed by atoms with Crippen molar-refractivity contribution in [3.8, 4) is 11.5 Å². The molecule has 0 saturated heterocycles. The van der Waals surface area contributed by atoms with E-state index in [-0.39, 0.29) is 34.8 Å². The Labute approximate surface area is 160 Å². The zero-order valence-electron chi connectivity index (χ0n) is 14.3. The normalized spacial score (nSPS) is 10.5. The van der Waals surface area contributed by atoms with Crippen molar-refractivity contribution < 1.29 is 28.5 Å².